The summed E-state index contributed by atoms with van der Waals surface area (Å²) in [6, 6.07) is 4.43. The minimum atomic E-state index is -0.771. The van der Waals surface area contributed by atoms with E-state index in [0.29, 0.717) is 23.5 Å². The Balaban J connectivity index is 2.31. The predicted octanol–water partition coefficient (Wildman–Crippen LogP) is 3.05. The van der Waals surface area contributed by atoms with Crippen molar-refractivity contribution in [3.63, 3.8) is 0 Å². The Hall–Kier alpha value is -2.84. The highest BCUT2D eigenvalue weighted by molar-refractivity contribution is 5.94. The maximum atomic E-state index is 12.9. The molecule has 2 atom stereocenters. The van der Waals surface area contributed by atoms with Gasteiger partial charge in [0.2, 0.25) is 12.5 Å². The number of hydrogen-bond acceptors (Lipinski definition) is 7. The standard InChI is InChI=1S/C19H26N2O7/c1-12(2)8-13(10-20(24)25)9-17(22)21-14(11-28-19(21)23)18-15(26-3)6-5-7-16(18)27-4/h5-7,12-14H,8-11H2,1-4H3/t13-,14-/m0/s1. The smallest absolute Gasteiger partial charge is 0.417 e. The Labute approximate surface area is 163 Å². The van der Waals surface area contributed by atoms with E-state index >= 15 is 0 Å². The molecule has 0 saturated carbocycles. The summed E-state index contributed by atoms with van der Waals surface area (Å²) in [7, 11) is 2.97. The van der Waals surface area contributed by atoms with Gasteiger partial charge in [-0.25, -0.2) is 9.69 Å². The van der Waals surface area contributed by atoms with Crippen molar-refractivity contribution in [3.8, 4) is 11.5 Å². The van der Waals surface area contributed by atoms with E-state index in [9.17, 15) is 19.7 Å². The molecule has 2 amide bonds. The molecule has 0 spiro atoms. The number of amides is 2. The van der Waals surface area contributed by atoms with Gasteiger partial charge in [0.05, 0.1) is 19.8 Å². The fourth-order valence-electron chi connectivity index (χ4n) is 3.56. The normalized spacial score (nSPS) is 17.4. The van der Waals surface area contributed by atoms with Crippen LogP contribution < -0.4 is 9.47 Å². The van der Waals surface area contributed by atoms with E-state index in [4.69, 9.17) is 14.2 Å². The third kappa shape index (κ3) is 4.90. The lowest BCUT2D eigenvalue weighted by Crippen LogP contribution is -2.36. The number of hydrogen-bond donors (Lipinski definition) is 0. The van der Waals surface area contributed by atoms with Crippen molar-refractivity contribution in [2.75, 3.05) is 27.4 Å². The molecule has 1 aliphatic rings. The molecular formula is C19H26N2O7. The molecule has 0 aromatic heterocycles. The van der Waals surface area contributed by atoms with Gasteiger partial charge in [-0.05, 0) is 24.5 Å². The van der Waals surface area contributed by atoms with Crippen molar-refractivity contribution in [1.29, 1.82) is 0 Å². The molecule has 1 aromatic rings. The zero-order valence-electron chi connectivity index (χ0n) is 16.5. The van der Waals surface area contributed by atoms with Crippen molar-refractivity contribution in [2.24, 2.45) is 11.8 Å². The van der Waals surface area contributed by atoms with Crippen molar-refractivity contribution in [3.05, 3.63) is 33.9 Å². The zero-order valence-corrected chi connectivity index (χ0v) is 16.5. The van der Waals surface area contributed by atoms with Crippen LogP contribution in [0.15, 0.2) is 18.2 Å². The van der Waals surface area contributed by atoms with E-state index < -0.39 is 28.9 Å². The summed E-state index contributed by atoms with van der Waals surface area (Å²) in [5, 5.41) is 11.0. The molecule has 1 aliphatic heterocycles. The molecule has 1 aromatic carbocycles. The van der Waals surface area contributed by atoms with Crippen LogP contribution in [0.4, 0.5) is 4.79 Å². The Kier molecular flexibility index (Phi) is 7.19. The summed E-state index contributed by atoms with van der Waals surface area (Å²) in [5.74, 6) is 0.145. The van der Waals surface area contributed by atoms with Gasteiger partial charge in [-0.15, -0.1) is 0 Å². The number of cyclic esters (lactones) is 1. The topological polar surface area (TPSA) is 108 Å². The molecule has 1 fully saturated rings. The SMILES string of the molecule is COc1cccc(OC)c1[C@@H]1COC(=O)N1C(=O)C[C@H](CC(C)C)C[N+](=O)[O-]. The molecular weight excluding hydrogens is 368 g/mol. The fourth-order valence-corrected chi connectivity index (χ4v) is 3.56. The molecule has 0 bridgehead atoms. The lowest BCUT2D eigenvalue weighted by Gasteiger charge is -2.24. The summed E-state index contributed by atoms with van der Waals surface area (Å²) < 4.78 is 15.9. The van der Waals surface area contributed by atoms with Crippen LogP contribution >= 0.6 is 0 Å². The molecule has 9 nitrogen and oxygen atoms in total. The van der Waals surface area contributed by atoms with Gasteiger partial charge in [0.1, 0.15) is 24.1 Å². The van der Waals surface area contributed by atoms with Gasteiger partial charge in [-0.3, -0.25) is 14.9 Å². The third-order valence-electron chi connectivity index (χ3n) is 4.62. The second-order valence-electron chi connectivity index (χ2n) is 7.15. The van der Waals surface area contributed by atoms with E-state index in [1.165, 1.54) is 14.2 Å². The average Bonchev–Trinajstić information content (AvgIpc) is 3.00. The lowest BCUT2D eigenvalue weighted by atomic mass is 9.93. The Morgan fingerprint density at radius 1 is 1.32 bits per heavy atom. The van der Waals surface area contributed by atoms with Crippen molar-refractivity contribution in [2.45, 2.75) is 32.7 Å². The second kappa shape index (κ2) is 9.38. The van der Waals surface area contributed by atoms with Gasteiger partial charge >= 0.3 is 6.09 Å². The first kappa shape index (κ1) is 21.5. The summed E-state index contributed by atoms with van der Waals surface area (Å²) in [4.78, 5) is 36.8. The quantitative estimate of drug-likeness (QED) is 0.468. The van der Waals surface area contributed by atoms with Crippen LogP contribution in [-0.4, -0.2) is 49.2 Å². The van der Waals surface area contributed by atoms with Crippen LogP contribution in [0.5, 0.6) is 11.5 Å². The van der Waals surface area contributed by atoms with Gasteiger partial charge in [-0.1, -0.05) is 19.9 Å². The van der Waals surface area contributed by atoms with Gasteiger partial charge < -0.3 is 14.2 Å². The van der Waals surface area contributed by atoms with Crippen LogP contribution in [0, 0.1) is 22.0 Å². The number of rotatable bonds is 9. The number of imide groups is 1. The minimum absolute atomic E-state index is 0.0363. The number of nitro groups is 1. The van der Waals surface area contributed by atoms with E-state index in [1.807, 2.05) is 13.8 Å². The molecule has 0 aliphatic carbocycles. The number of nitrogens with zero attached hydrogens (tertiary/aromatic N) is 2. The average molecular weight is 394 g/mol. The van der Waals surface area contributed by atoms with Crippen molar-refractivity contribution < 1.29 is 28.7 Å². The first-order valence-electron chi connectivity index (χ1n) is 9.09. The molecule has 154 valence electrons. The van der Waals surface area contributed by atoms with Gasteiger partial charge in [0, 0.05) is 17.3 Å². The highest BCUT2D eigenvalue weighted by Crippen LogP contribution is 2.40. The Morgan fingerprint density at radius 3 is 2.43 bits per heavy atom. The van der Waals surface area contributed by atoms with Gasteiger partial charge in [0.25, 0.3) is 0 Å². The summed E-state index contributed by atoms with van der Waals surface area (Å²) in [6.07, 6.45) is -0.368. The molecule has 0 N–H and O–H groups in total. The molecule has 28 heavy (non-hydrogen) atoms. The van der Waals surface area contributed by atoms with Crippen LogP contribution in [0.2, 0.25) is 0 Å². The minimum Gasteiger partial charge on any atom is -0.496 e. The van der Waals surface area contributed by atoms with E-state index in [-0.39, 0.29) is 25.5 Å². The highest BCUT2D eigenvalue weighted by Gasteiger charge is 2.42. The van der Waals surface area contributed by atoms with Crippen molar-refractivity contribution >= 4 is 12.0 Å². The van der Waals surface area contributed by atoms with E-state index in [2.05, 4.69) is 0 Å². The Morgan fingerprint density at radius 2 is 1.93 bits per heavy atom. The number of carbonyl (C=O) groups excluding carboxylic acids is 2. The Bertz CT molecular complexity index is 713. The monoisotopic (exact) mass is 394 g/mol. The number of methoxy groups -OCH3 is 2. The number of carbonyl (C=O) groups is 2. The molecule has 0 radical (unpaired) electrons. The fraction of sp³-hybridized carbons (Fsp3) is 0.579. The predicted molar refractivity (Wildman–Crippen MR) is 99.9 cm³/mol. The second-order valence-corrected chi connectivity index (χ2v) is 7.15. The third-order valence-corrected chi connectivity index (χ3v) is 4.62. The molecule has 1 saturated heterocycles. The van der Waals surface area contributed by atoms with E-state index in [0.717, 1.165) is 4.90 Å². The summed E-state index contributed by atoms with van der Waals surface area (Å²) in [6.45, 7) is 3.51. The summed E-state index contributed by atoms with van der Waals surface area (Å²) in [5.41, 5.74) is 0.529. The van der Waals surface area contributed by atoms with Crippen LogP contribution in [-0.2, 0) is 9.53 Å². The zero-order chi connectivity index (χ0) is 20.8. The number of benzene rings is 1. The number of ether oxygens (including phenoxy) is 3. The van der Waals surface area contributed by atoms with Crippen LogP contribution in [0.3, 0.4) is 0 Å². The van der Waals surface area contributed by atoms with Gasteiger partial charge in [0.15, 0.2) is 0 Å². The lowest BCUT2D eigenvalue weighted by molar-refractivity contribution is -0.488. The highest BCUT2D eigenvalue weighted by atomic mass is 16.6. The molecule has 0 unspecified atom stereocenters. The summed E-state index contributed by atoms with van der Waals surface area (Å²) >= 11 is 0. The van der Waals surface area contributed by atoms with Crippen LogP contribution in [0.25, 0.3) is 0 Å². The first-order valence-corrected chi connectivity index (χ1v) is 9.09. The van der Waals surface area contributed by atoms with Crippen LogP contribution in [0.1, 0.15) is 38.3 Å². The van der Waals surface area contributed by atoms with E-state index in [1.54, 1.807) is 18.2 Å². The largest absolute Gasteiger partial charge is 0.496 e. The maximum absolute atomic E-state index is 12.9. The molecule has 2 rings (SSSR count). The first-order chi connectivity index (χ1) is 13.3. The molecule has 1 heterocycles. The molecule has 9 heteroatoms. The maximum Gasteiger partial charge on any atom is 0.417 e. The van der Waals surface area contributed by atoms with Gasteiger partial charge in [-0.2, -0.15) is 0 Å². The van der Waals surface area contributed by atoms with Crippen molar-refractivity contribution in [1.82, 2.24) is 4.90 Å².